The molecule has 0 spiro atoms. The number of hydrogen-bond acceptors (Lipinski definition) is 9. The van der Waals surface area contributed by atoms with Crippen molar-refractivity contribution in [2.75, 3.05) is 19.5 Å². The van der Waals surface area contributed by atoms with Crippen molar-refractivity contribution in [2.45, 2.75) is 24.5 Å². The highest BCUT2D eigenvalue weighted by Crippen LogP contribution is 2.34. The van der Waals surface area contributed by atoms with Crippen LogP contribution in [0.25, 0.3) is 11.2 Å². The van der Waals surface area contributed by atoms with E-state index < -0.39 is 36.7 Å². The summed E-state index contributed by atoms with van der Waals surface area (Å²) < 4.78 is 11.7. The van der Waals surface area contributed by atoms with Crippen molar-refractivity contribution in [1.82, 2.24) is 19.5 Å². The highest BCUT2D eigenvalue weighted by molar-refractivity contribution is 5.72. The number of aromatic nitrogens is 4. The first-order valence-corrected chi connectivity index (χ1v) is 6.42. The molecule has 0 unspecified atom stereocenters. The molecule has 120 valence electrons. The standard InChI is InChI=1S/C11H15N5O6/c1-21-11-13-4-7(14-10(12)15-8(4)20)16(11)9-6(19)5(18)3(2-17)22-9/h3,5-6,9,17-19H,2H2,1H3,(H3,12,14,15,20)/t3-,5+,6-,9-/m0/s1. The van der Waals surface area contributed by atoms with Gasteiger partial charge >= 0.3 is 6.01 Å². The van der Waals surface area contributed by atoms with Gasteiger partial charge in [-0.25, -0.2) is 4.57 Å². The number of nitrogen functional groups attached to an aromatic ring is 1. The number of nitrogens with zero attached hydrogens (tertiary/aromatic N) is 3. The van der Waals surface area contributed by atoms with Gasteiger partial charge in [0.1, 0.15) is 18.3 Å². The van der Waals surface area contributed by atoms with E-state index in [1.54, 1.807) is 0 Å². The number of nitrogens with two attached hydrogens (primary N) is 1. The molecule has 3 rings (SSSR count). The van der Waals surface area contributed by atoms with Crippen molar-refractivity contribution in [1.29, 1.82) is 0 Å². The average Bonchev–Trinajstić information content (AvgIpc) is 2.98. The number of anilines is 1. The van der Waals surface area contributed by atoms with Crippen molar-refractivity contribution in [3.8, 4) is 6.01 Å². The summed E-state index contributed by atoms with van der Waals surface area (Å²) in [4.78, 5) is 22.1. The summed E-state index contributed by atoms with van der Waals surface area (Å²) in [6, 6.07) is -0.0477. The van der Waals surface area contributed by atoms with E-state index in [-0.39, 0.29) is 23.1 Å². The molecule has 11 heteroatoms. The summed E-state index contributed by atoms with van der Waals surface area (Å²) in [7, 11) is 1.32. The van der Waals surface area contributed by atoms with Crippen LogP contribution in [0, 0.1) is 0 Å². The molecule has 2 aromatic rings. The van der Waals surface area contributed by atoms with Gasteiger partial charge in [0.15, 0.2) is 17.4 Å². The van der Waals surface area contributed by atoms with E-state index in [4.69, 9.17) is 20.3 Å². The summed E-state index contributed by atoms with van der Waals surface area (Å²) in [5.41, 5.74) is 4.92. The second-order valence-corrected chi connectivity index (χ2v) is 4.82. The number of hydrogen-bond donors (Lipinski definition) is 5. The number of aliphatic hydroxyl groups is 3. The molecular weight excluding hydrogens is 298 g/mol. The second-order valence-electron chi connectivity index (χ2n) is 4.82. The zero-order valence-electron chi connectivity index (χ0n) is 11.5. The zero-order chi connectivity index (χ0) is 16.0. The third-order valence-corrected chi connectivity index (χ3v) is 3.49. The summed E-state index contributed by atoms with van der Waals surface area (Å²) in [6.45, 7) is -0.486. The van der Waals surface area contributed by atoms with Gasteiger partial charge in [-0.3, -0.25) is 9.78 Å². The van der Waals surface area contributed by atoms with Crippen molar-refractivity contribution >= 4 is 17.1 Å². The quantitative estimate of drug-likeness (QED) is 0.405. The monoisotopic (exact) mass is 313 g/mol. The molecule has 22 heavy (non-hydrogen) atoms. The molecular formula is C11H15N5O6. The van der Waals surface area contributed by atoms with Gasteiger partial charge in [-0.05, 0) is 0 Å². The molecule has 4 atom stereocenters. The lowest BCUT2D eigenvalue weighted by molar-refractivity contribution is -0.0537. The smallest absolute Gasteiger partial charge is 0.300 e. The Morgan fingerprint density at radius 1 is 1.41 bits per heavy atom. The molecule has 0 saturated carbocycles. The van der Waals surface area contributed by atoms with Gasteiger partial charge in [0.05, 0.1) is 13.7 Å². The SMILES string of the molecule is COc1nc2c(=O)[nH]c(N)nc2n1[C@H]1O[C@@H](CO)[C@@H](O)[C@@H]1O. The van der Waals surface area contributed by atoms with E-state index in [1.165, 1.54) is 11.7 Å². The fourth-order valence-electron chi connectivity index (χ4n) is 2.45. The van der Waals surface area contributed by atoms with Gasteiger partial charge in [-0.2, -0.15) is 9.97 Å². The normalized spacial score (nSPS) is 28.4. The fraction of sp³-hybridized carbons (Fsp3) is 0.545. The Kier molecular flexibility index (Phi) is 3.48. The second kappa shape index (κ2) is 5.21. The van der Waals surface area contributed by atoms with Gasteiger partial charge in [-0.1, -0.05) is 0 Å². The number of aromatic amines is 1. The van der Waals surface area contributed by atoms with Crippen LogP contribution < -0.4 is 16.0 Å². The average molecular weight is 313 g/mol. The summed E-state index contributed by atoms with van der Waals surface area (Å²) in [5, 5.41) is 29.1. The minimum Gasteiger partial charge on any atom is -0.468 e. The predicted molar refractivity (Wildman–Crippen MR) is 72.1 cm³/mol. The van der Waals surface area contributed by atoms with Crippen LogP contribution in [0.2, 0.25) is 0 Å². The maximum absolute atomic E-state index is 11.9. The molecule has 1 aliphatic heterocycles. The van der Waals surface area contributed by atoms with Crippen LogP contribution in [-0.2, 0) is 4.74 Å². The van der Waals surface area contributed by atoms with Crippen LogP contribution in [0.3, 0.4) is 0 Å². The molecule has 1 fully saturated rings. The number of H-pyrrole nitrogens is 1. The summed E-state index contributed by atoms with van der Waals surface area (Å²) in [6.07, 6.45) is -4.80. The predicted octanol–water partition coefficient (Wildman–Crippen LogP) is -2.68. The molecule has 11 nitrogen and oxygen atoms in total. The van der Waals surface area contributed by atoms with Gasteiger partial charge in [0, 0.05) is 0 Å². The number of imidazole rings is 1. The summed E-state index contributed by atoms with van der Waals surface area (Å²) in [5.74, 6) is -0.145. The Morgan fingerprint density at radius 3 is 2.73 bits per heavy atom. The maximum atomic E-state index is 11.9. The number of ether oxygens (including phenoxy) is 2. The molecule has 2 aromatic heterocycles. The Bertz CT molecular complexity index is 757. The van der Waals surface area contributed by atoms with Crippen LogP contribution >= 0.6 is 0 Å². The van der Waals surface area contributed by atoms with Crippen molar-refractivity contribution in [3.63, 3.8) is 0 Å². The topological polar surface area (TPSA) is 169 Å². The lowest BCUT2D eigenvalue weighted by atomic mass is 10.1. The lowest BCUT2D eigenvalue weighted by Gasteiger charge is -2.18. The molecule has 1 saturated heterocycles. The van der Waals surface area contributed by atoms with Crippen molar-refractivity contribution in [2.24, 2.45) is 0 Å². The molecule has 6 N–H and O–H groups in total. The number of rotatable bonds is 3. The Morgan fingerprint density at radius 2 is 2.14 bits per heavy atom. The van der Waals surface area contributed by atoms with E-state index in [1.807, 2.05) is 0 Å². The minimum absolute atomic E-state index is 0.0351. The minimum atomic E-state index is -1.37. The van der Waals surface area contributed by atoms with E-state index in [0.717, 1.165) is 0 Å². The van der Waals surface area contributed by atoms with Gasteiger partial charge in [0.25, 0.3) is 5.56 Å². The highest BCUT2D eigenvalue weighted by atomic mass is 16.6. The van der Waals surface area contributed by atoms with E-state index in [9.17, 15) is 15.0 Å². The Labute approximate surface area is 122 Å². The molecule has 0 amide bonds. The number of nitrogens with one attached hydrogen (secondary N) is 1. The third kappa shape index (κ3) is 2.02. The van der Waals surface area contributed by atoms with E-state index in [0.29, 0.717) is 0 Å². The molecule has 0 aromatic carbocycles. The van der Waals surface area contributed by atoms with Crippen molar-refractivity contribution in [3.05, 3.63) is 10.4 Å². The Hall–Kier alpha value is -2.21. The zero-order valence-corrected chi connectivity index (χ0v) is 11.5. The first-order chi connectivity index (χ1) is 10.5. The number of methoxy groups -OCH3 is 1. The van der Waals surface area contributed by atoms with Crippen LogP contribution in [0.4, 0.5) is 5.95 Å². The maximum Gasteiger partial charge on any atom is 0.300 e. The molecule has 0 aliphatic carbocycles. The molecule has 3 heterocycles. The van der Waals surface area contributed by atoms with Crippen LogP contribution in [0.5, 0.6) is 6.01 Å². The van der Waals surface area contributed by atoms with Crippen LogP contribution in [-0.4, -0.2) is 66.9 Å². The molecule has 0 bridgehead atoms. The number of fused-ring (bicyclic) bond motifs is 1. The third-order valence-electron chi connectivity index (χ3n) is 3.49. The van der Waals surface area contributed by atoms with E-state index >= 15 is 0 Å². The number of aliphatic hydroxyl groups excluding tert-OH is 3. The molecule has 1 aliphatic rings. The van der Waals surface area contributed by atoms with Crippen LogP contribution in [0.15, 0.2) is 4.79 Å². The van der Waals surface area contributed by atoms with Gasteiger partial charge < -0.3 is 30.5 Å². The van der Waals surface area contributed by atoms with Crippen molar-refractivity contribution < 1.29 is 24.8 Å². The van der Waals surface area contributed by atoms with Gasteiger partial charge in [-0.15, -0.1) is 0 Å². The Balaban J connectivity index is 2.20. The first kappa shape index (κ1) is 14.7. The van der Waals surface area contributed by atoms with Crippen LogP contribution in [0.1, 0.15) is 6.23 Å². The highest BCUT2D eigenvalue weighted by Gasteiger charge is 2.45. The first-order valence-electron chi connectivity index (χ1n) is 6.42. The largest absolute Gasteiger partial charge is 0.468 e. The lowest BCUT2D eigenvalue weighted by Crippen LogP contribution is -2.33. The van der Waals surface area contributed by atoms with E-state index in [2.05, 4.69) is 15.0 Å². The summed E-state index contributed by atoms with van der Waals surface area (Å²) >= 11 is 0. The van der Waals surface area contributed by atoms with Gasteiger partial charge in [0.2, 0.25) is 5.95 Å². The fourth-order valence-corrected chi connectivity index (χ4v) is 2.45. The molecule has 0 radical (unpaired) electrons.